The summed E-state index contributed by atoms with van der Waals surface area (Å²) in [5.41, 5.74) is 7.87. The lowest BCUT2D eigenvalue weighted by molar-refractivity contribution is -0.127. The third-order valence-electron chi connectivity index (χ3n) is 2.40. The smallest absolute Gasteiger partial charge is 0.247 e. The minimum absolute atomic E-state index is 0.0272. The minimum Gasteiger partial charge on any atom is -0.302 e. The van der Waals surface area contributed by atoms with Crippen LogP contribution >= 0.6 is 11.3 Å². The lowest BCUT2D eigenvalue weighted by Gasteiger charge is -2.04. The average Bonchev–Trinajstić information content (AvgIpc) is 2.94. The Hall–Kier alpha value is -2.15. The number of hydrogen-bond donors (Lipinski definition) is 3. The Balaban J connectivity index is 1.82. The number of carbonyl (C=O) groups is 2. The fourth-order valence-corrected chi connectivity index (χ4v) is 2.04. The molecule has 0 saturated carbocycles. The van der Waals surface area contributed by atoms with E-state index in [2.05, 4.69) is 28.0 Å². The van der Waals surface area contributed by atoms with Crippen LogP contribution in [-0.4, -0.2) is 18.0 Å². The molecule has 18 heavy (non-hydrogen) atoms. The van der Waals surface area contributed by atoms with Crippen LogP contribution in [-0.2, 0) is 9.59 Å². The van der Waals surface area contributed by atoms with E-state index in [1.165, 1.54) is 11.3 Å². The van der Waals surface area contributed by atoms with Crippen LogP contribution in [0.2, 0.25) is 0 Å². The number of hydrogen-bond acceptors (Lipinski definition) is 5. The van der Waals surface area contributed by atoms with Gasteiger partial charge >= 0.3 is 0 Å². The number of hydrazone groups is 1. The molecule has 1 aliphatic heterocycles. The standard InChI is InChI=1S/C11H12N4O2S/c1-7-9(11(17)15-13-7)5-10(16)14-12-6-8-3-2-4-18-8/h2-4,6,9,13H,1,5H2,(H,14,16)(H,15,17). The first-order valence-corrected chi connectivity index (χ1v) is 6.15. The maximum Gasteiger partial charge on any atom is 0.247 e. The second-order valence-electron chi connectivity index (χ2n) is 3.70. The summed E-state index contributed by atoms with van der Waals surface area (Å²) in [6, 6.07) is 3.78. The van der Waals surface area contributed by atoms with Gasteiger partial charge in [-0.15, -0.1) is 11.3 Å². The maximum atomic E-state index is 11.5. The Kier molecular flexibility index (Phi) is 3.73. The molecule has 1 saturated heterocycles. The number of amides is 2. The Bertz CT molecular complexity index is 479. The van der Waals surface area contributed by atoms with Gasteiger partial charge in [-0.25, -0.2) is 5.43 Å². The predicted octanol–water partition coefficient (Wildman–Crippen LogP) is 0.353. The van der Waals surface area contributed by atoms with Gasteiger partial charge in [-0.05, 0) is 11.4 Å². The number of thiophene rings is 1. The van der Waals surface area contributed by atoms with Gasteiger partial charge in [0.1, 0.15) is 0 Å². The molecule has 2 heterocycles. The van der Waals surface area contributed by atoms with Crippen LogP contribution in [0.3, 0.4) is 0 Å². The predicted molar refractivity (Wildman–Crippen MR) is 68.6 cm³/mol. The van der Waals surface area contributed by atoms with Crippen molar-refractivity contribution in [3.63, 3.8) is 0 Å². The summed E-state index contributed by atoms with van der Waals surface area (Å²) in [4.78, 5) is 23.8. The first kappa shape index (κ1) is 12.3. The van der Waals surface area contributed by atoms with Crippen molar-refractivity contribution in [2.45, 2.75) is 6.42 Å². The van der Waals surface area contributed by atoms with Gasteiger partial charge in [-0.2, -0.15) is 5.10 Å². The van der Waals surface area contributed by atoms with Gasteiger partial charge in [0.15, 0.2) is 0 Å². The summed E-state index contributed by atoms with van der Waals surface area (Å²) in [6.07, 6.45) is 1.59. The van der Waals surface area contributed by atoms with Gasteiger partial charge in [0.25, 0.3) is 0 Å². The Morgan fingerprint density at radius 1 is 1.61 bits per heavy atom. The molecule has 1 unspecified atom stereocenters. The summed E-state index contributed by atoms with van der Waals surface area (Å²) < 4.78 is 0. The zero-order chi connectivity index (χ0) is 13.0. The highest BCUT2D eigenvalue weighted by Gasteiger charge is 2.29. The minimum atomic E-state index is -0.540. The number of hydrazine groups is 1. The molecule has 1 aromatic rings. The van der Waals surface area contributed by atoms with Crippen molar-refractivity contribution in [2.24, 2.45) is 11.0 Å². The number of nitrogens with one attached hydrogen (secondary N) is 3. The normalized spacial score (nSPS) is 18.8. The van der Waals surface area contributed by atoms with Crippen LogP contribution in [0, 0.1) is 5.92 Å². The molecule has 1 aromatic heterocycles. The molecular formula is C11H12N4O2S. The van der Waals surface area contributed by atoms with Crippen molar-refractivity contribution >= 4 is 29.4 Å². The monoisotopic (exact) mass is 264 g/mol. The quantitative estimate of drug-likeness (QED) is 0.542. The van der Waals surface area contributed by atoms with Crippen molar-refractivity contribution in [2.75, 3.05) is 0 Å². The summed E-state index contributed by atoms with van der Waals surface area (Å²) in [5.74, 6) is -1.12. The summed E-state index contributed by atoms with van der Waals surface area (Å²) in [5, 5.41) is 5.73. The second kappa shape index (κ2) is 5.46. The van der Waals surface area contributed by atoms with Crippen LogP contribution in [0.25, 0.3) is 0 Å². The molecule has 0 spiro atoms. The van der Waals surface area contributed by atoms with E-state index in [0.717, 1.165) is 4.88 Å². The molecule has 94 valence electrons. The van der Waals surface area contributed by atoms with Crippen molar-refractivity contribution < 1.29 is 9.59 Å². The highest BCUT2D eigenvalue weighted by molar-refractivity contribution is 7.11. The van der Waals surface area contributed by atoms with E-state index in [9.17, 15) is 9.59 Å². The Morgan fingerprint density at radius 2 is 2.44 bits per heavy atom. The molecule has 3 N–H and O–H groups in total. The summed E-state index contributed by atoms with van der Waals surface area (Å²) in [6.45, 7) is 3.65. The molecule has 1 atom stereocenters. The van der Waals surface area contributed by atoms with Gasteiger partial charge in [0.05, 0.1) is 12.1 Å². The van der Waals surface area contributed by atoms with E-state index in [4.69, 9.17) is 0 Å². The second-order valence-corrected chi connectivity index (χ2v) is 4.68. The zero-order valence-corrected chi connectivity index (χ0v) is 10.3. The van der Waals surface area contributed by atoms with Gasteiger partial charge in [-0.1, -0.05) is 12.6 Å². The molecule has 1 fully saturated rings. The average molecular weight is 264 g/mol. The van der Waals surface area contributed by atoms with Gasteiger partial charge in [0.2, 0.25) is 11.8 Å². The van der Waals surface area contributed by atoms with E-state index in [0.29, 0.717) is 5.70 Å². The molecule has 0 aliphatic carbocycles. The molecule has 0 bridgehead atoms. The van der Waals surface area contributed by atoms with Crippen LogP contribution in [0.5, 0.6) is 0 Å². The van der Waals surface area contributed by atoms with Gasteiger partial charge in [-0.3, -0.25) is 15.0 Å². The van der Waals surface area contributed by atoms with Crippen LogP contribution in [0.4, 0.5) is 0 Å². The maximum absolute atomic E-state index is 11.5. The van der Waals surface area contributed by atoms with Crippen molar-refractivity contribution in [3.05, 3.63) is 34.7 Å². The molecule has 0 radical (unpaired) electrons. The van der Waals surface area contributed by atoms with Crippen molar-refractivity contribution in [1.29, 1.82) is 0 Å². The number of carbonyl (C=O) groups excluding carboxylic acids is 2. The molecule has 2 rings (SSSR count). The largest absolute Gasteiger partial charge is 0.302 e. The highest BCUT2D eigenvalue weighted by atomic mass is 32.1. The SMILES string of the molecule is C=C1NNC(=O)C1CC(=O)NN=Cc1cccs1. The topological polar surface area (TPSA) is 82.6 Å². The van der Waals surface area contributed by atoms with Crippen molar-refractivity contribution in [3.8, 4) is 0 Å². The third kappa shape index (κ3) is 2.95. The molecular weight excluding hydrogens is 252 g/mol. The Labute approximate surface area is 108 Å². The van der Waals surface area contributed by atoms with E-state index >= 15 is 0 Å². The number of nitrogens with zero attached hydrogens (tertiary/aromatic N) is 1. The summed E-state index contributed by atoms with van der Waals surface area (Å²) >= 11 is 1.52. The number of rotatable bonds is 4. The van der Waals surface area contributed by atoms with Crippen LogP contribution < -0.4 is 16.3 Å². The van der Waals surface area contributed by atoms with Crippen LogP contribution in [0.15, 0.2) is 34.9 Å². The summed E-state index contributed by atoms with van der Waals surface area (Å²) in [7, 11) is 0. The van der Waals surface area contributed by atoms with E-state index in [1.54, 1.807) is 6.21 Å². The van der Waals surface area contributed by atoms with Crippen molar-refractivity contribution in [1.82, 2.24) is 16.3 Å². The highest BCUT2D eigenvalue weighted by Crippen LogP contribution is 2.15. The first-order chi connectivity index (χ1) is 8.66. The molecule has 7 heteroatoms. The fraction of sp³-hybridized carbons (Fsp3) is 0.182. The first-order valence-electron chi connectivity index (χ1n) is 5.27. The molecule has 1 aliphatic rings. The van der Waals surface area contributed by atoms with Crippen LogP contribution in [0.1, 0.15) is 11.3 Å². The van der Waals surface area contributed by atoms with Gasteiger partial charge < -0.3 is 5.43 Å². The van der Waals surface area contributed by atoms with Gasteiger partial charge in [0, 0.05) is 17.0 Å². The fourth-order valence-electron chi connectivity index (χ4n) is 1.45. The molecule has 0 aromatic carbocycles. The lowest BCUT2D eigenvalue weighted by atomic mass is 10.0. The Morgan fingerprint density at radius 3 is 3.06 bits per heavy atom. The van der Waals surface area contributed by atoms with E-state index in [-0.39, 0.29) is 18.2 Å². The van der Waals surface area contributed by atoms with E-state index in [1.807, 2.05) is 17.5 Å². The zero-order valence-electron chi connectivity index (χ0n) is 9.47. The molecule has 6 nitrogen and oxygen atoms in total. The lowest BCUT2D eigenvalue weighted by Crippen LogP contribution is -2.27. The van der Waals surface area contributed by atoms with E-state index < -0.39 is 5.92 Å². The molecule has 2 amide bonds. The third-order valence-corrected chi connectivity index (χ3v) is 3.20.